The van der Waals surface area contributed by atoms with Gasteiger partial charge >= 0.3 is 0 Å². The molecule has 0 aromatic carbocycles. The van der Waals surface area contributed by atoms with Crippen LogP contribution in [0.15, 0.2) is 22.3 Å². The van der Waals surface area contributed by atoms with E-state index in [0.29, 0.717) is 0 Å². The largest absolute Gasteiger partial charge is 0.0888 e. The van der Waals surface area contributed by atoms with Gasteiger partial charge in [0.2, 0.25) is 0 Å². The van der Waals surface area contributed by atoms with Gasteiger partial charge in [0.25, 0.3) is 0 Å². The minimum absolute atomic E-state index is 1.03. The highest BCUT2D eigenvalue weighted by Gasteiger charge is 2.05. The highest BCUT2D eigenvalue weighted by molar-refractivity contribution is 6.30. The van der Waals surface area contributed by atoms with Crippen LogP contribution in [-0.2, 0) is 0 Å². The second-order valence-corrected chi connectivity index (χ2v) is 2.91. The molecule has 0 spiro atoms. The summed E-state index contributed by atoms with van der Waals surface area (Å²) >= 11 is 5.90. The Bertz CT molecular complexity index is 175. The molecule has 1 heteroatoms. The monoisotopic (exact) mass is 142 g/mol. The molecular weight excluding hydrogens is 132 g/mol. The van der Waals surface area contributed by atoms with E-state index in [4.69, 9.17) is 11.6 Å². The van der Waals surface area contributed by atoms with Crippen LogP contribution in [0.25, 0.3) is 0 Å². The first-order valence-corrected chi connectivity index (χ1v) is 3.62. The molecule has 0 fully saturated rings. The quantitative estimate of drug-likeness (QED) is 0.487. The number of halogens is 1. The Morgan fingerprint density at radius 2 is 2.11 bits per heavy atom. The predicted molar refractivity (Wildman–Crippen MR) is 41.5 cm³/mol. The maximum Gasteiger partial charge on any atom is 0.0215 e. The molecule has 0 aromatic rings. The lowest BCUT2D eigenvalue weighted by molar-refractivity contribution is 0.970. The van der Waals surface area contributed by atoms with E-state index >= 15 is 0 Å². The van der Waals surface area contributed by atoms with Gasteiger partial charge in [-0.3, -0.25) is 0 Å². The summed E-state index contributed by atoms with van der Waals surface area (Å²) in [6.45, 7) is 4.18. The van der Waals surface area contributed by atoms with E-state index in [1.54, 1.807) is 0 Å². The van der Waals surface area contributed by atoms with Gasteiger partial charge in [-0.2, -0.15) is 0 Å². The highest BCUT2D eigenvalue weighted by Crippen LogP contribution is 2.26. The van der Waals surface area contributed by atoms with E-state index in [9.17, 15) is 0 Å². The van der Waals surface area contributed by atoms with Crippen LogP contribution in [0.3, 0.4) is 0 Å². The van der Waals surface area contributed by atoms with Crippen molar-refractivity contribution in [2.75, 3.05) is 0 Å². The maximum atomic E-state index is 5.90. The van der Waals surface area contributed by atoms with Gasteiger partial charge < -0.3 is 0 Å². The van der Waals surface area contributed by atoms with E-state index in [-0.39, 0.29) is 0 Å². The summed E-state index contributed by atoms with van der Waals surface area (Å²) in [4.78, 5) is 0. The molecule has 0 radical (unpaired) electrons. The average molecular weight is 143 g/mol. The summed E-state index contributed by atoms with van der Waals surface area (Å²) < 4.78 is 0. The lowest BCUT2D eigenvalue weighted by Gasteiger charge is -2.10. The van der Waals surface area contributed by atoms with Crippen LogP contribution in [0.4, 0.5) is 0 Å². The van der Waals surface area contributed by atoms with Gasteiger partial charge in [-0.25, -0.2) is 0 Å². The van der Waals surface area contributed by atoms with Crippen molar-refractivity contribution < 1.29 is 0 Å². The molecule has 0 atom stereocenters. The second-order valence-electron chi connectivity index (χ2n) is 2.46. The van der Waals surface area contributed by atoms with Crippen molar-refractivity contribution in [2.24, 2.45) is 0 Å². The fourth-order valence-corrected chi connectivity index (χ4v) is 1.23. The zero-order chi connectivity index (χ0) is 6.85. The summed E-state index contributed by atoms with van der Waals surface area (Å²) in [6.07, 6.45) is 4.38. The van der Waals surface area contributed by atoms with Crippen molar-refractivity contribution >= 4 is 11.6 Å². The van der Waals surface area contributed by atoms with Crippen molar-refractivity contribution in [3.63, 3.8) is 0 Å². The molecule has 1 aliphatic carbocycles. The first-order valence-electron chi connectivity index (χ1n) is 3.24. The smallest absolute Gasteiger partial charge is 0.0215 e. The van der Waals surface area contributed by atoms with Crippen LogP contribution in [0.5, 0.6) is 0 Å². The normalized spacial score (nSPS) is 20.1. The van der Waals surface area contributed by atoms with Crippen LogP contribution in [0, 0.1) is 0 Å². The van der Waals surface area contributed by atoms with Gasteiger partial charge in [-0.05, 0) is 32.3 Å². The lowest BCUT2D eigenvalue weighted by Crippen LogP contribution is -1.90. The Hall–Kier alpha value is -0.230. The van der Waals surface area contributed by atoms with Crippen LogP contribution < -0.4 is 0 Å². The predicted octanol–water partition coefficient (Wildman–Crippen LogP) is 3.24. The van der Waals surface area contributed by atoms with E-state index in [1.165, 1.54) is 11.1 Å². The van der Waals surface area contributed by atoms with Gasteiger partial charge in [0.1, 0.15) is 0 Å². The fraction of sp³-hybridized carbons (Fsp3) is 0.500. The van der Waals surface area contributed by atoms with Crippen LogP contribution >= 0.6 is 11.6 Å². The molecule has 0 unspecified atom stereocenters. The Kier molecular flexibility index (Phi) is 1.97. The first-order chi connectivity index (χ1) is 4.22. The van der Waals surface area contributed by atoms with Crippen LogP contribution in [0.2, 0.25) is 0 Å². The van der Waals surface area contributed by atoms with Crippen molar-refractivity contribution in [3.8, 4) is 0 Å². The molecule has 0 aromatic heterocycles. The topological polar surface area (TPSA) is 0 Å². The number of hydrogen-bond acceptors (Lipinski definition) is 0. The zero-order valence-electron chi connectivity index (χ0n) is 5.87. The Morgan fingerprint density at radius 3 is 2.56 bits per heavy atom. The maximum absolute atomic E-state index is 5.90. The zero-order valence-corrected chi connectivity index (χ0v) is 6.63. The Balaban J connectivity index is 2.88. The van der Waals surface area contributed by atoms with Crippen molar-refractivity contribution in [1.82, 2.24) is 0 Å². The fourth-order valence-electron chi connectivity index (χ4n) is 0.970. The molecule has 0 bridgehead atoms. The molecule has 9 heavy (non-hydrogen) atoms. The minimum Gasteiger partial charge on any atom is -0.0888 e. The number of allylic oxidation sites excluding steroid dienone is 4. The van der Waals surface area contributed by atoms with Crippen molar-refractivity contribution in [2.45, 2.75) is 26.7 Å². The molecule has 0 N–H and O–H groups in total. The summed E-state index contributed by atoms with van der Waals surface area (Å²) in [6, 6.07) is 0. The van der Waals surface area contributed by atoms with E-state index in [2.05, 4.69) is 19.9 Å². The standard InChI is InChI=1S/C8H11Cl/c1-6-4-3-5-8(9)7(6)2/h4H,3,5H2,1-2H3. The second kappa shape index (κ2) is 2.57. The molecule has 0 amide bonds. The Morgan fingerprint density at radius 1 is 1.44 bits per heavy atom. The summed E-state index contributed by atoms with van der Waals surface area (Å²) in [5.41, 5.74) is 2.61. The SMILES string of the molecule is CC1=CCCC(Cl)=C1C. The molecule has 0 nitrogen and oxygen atoms in total. The highest BCUT2D eigenvalue weighted by atomic mass is 35.5. The lowest BCUT2D eigenvalue weighted by atomic mass is 10.0. The van der Waals surface area contributed by atoms with Crippen LogP contribution in [0.1, 0.15) is 26.7 Å². The van der Waals surface area contributed by atoms with E-state index < -0.39 is 0 Å². The molecule has 0 saturated heterocycles. The van der Waals surface area contributed by atoms with E-state index in [1.807, 2.05) is 0 Å². The minimum atomic E-state index is 1.03. The average Bonchev–Trinajstić information content (AvgIpc) is 1.83. The van der Waals surface area contributed by atoms with Gasteiger partial charge in [-0.15, -0.1) is 0 Å². The number of hydrogen-bond donors (Lipinski definition) is 0. The third kappa shape index (κ3) is 1.36. The Labute approximate surface area is 61.2 Å². The molecule has 1 rings (SSSR count). The van der Waals surface area contributed by atoms with Crippen molar-refractivity contribution in [1.29, 1.82) is 0 Å². The van der Waals surface area contributed by atoms with Crippen molar-refractivity contribution in [3.05, 3.63) is 22.3 Å². The van der Waals surface area contributed by atoms with Crippen LogP contribution in [-0.4, -0.2) is 0 Å². The van der Waals surface area contributed by atoms with E-state index in [0.717, 1.165) is 17.9 Å². The molecule has 50 valence electrons. The number of rotatable bonds is 0. The van der Waals surface area contributed by atoms with Gasteiger partial charge in [0, 0.05) is 5.03 Å². The summed E-state index contributed by atoms with van der Waals surface area (Å²) in [5, 5.41) is 1.04. The third-order valence-electron chi connectivity index (χ3n) is 1.81. The first kappa shape index (κ1) is 6.88. The molecule has 1 aliphatic rings. The third-order valence-corrected chi connectivity index (χ3v) is 2.29. The molecule has 0 heterocycles. The molecular formula is C8H11Cl. The van der Waals surface area contributed by atoms with Gasteiger partial charge in [0.05, 0.1) is 0 Å². The molecule has 0 saturated carbocycles. The van der Waals surface area contributed by atoms with Gasteiger partial charge in [0.15, 0.2) is 0 Å². The summed E-state index contributed by atoms with van der Waals surface area (Å²) in [5.74, 6) is 0. The molecule has 0 aliphatic heterocycles. The van der Waals surface area contributed by atoms with Gasteiger partial charge in [-0.1, -0.05) is 23.3 Å². The summed E-state index contributed by atoms with van der Waals surface area (Å²) in [7, 11) is 0.